The fourth-order valence-electron chi connectivity index (χ4n) is 9.56. The summed E-state index contributed by atoms with van der Waals surface area (Å²) in [7, 11) is 0. The lowest BCUT2D eigenvalue weighted by atomic mass is 9.49. The topological polar surface area (TPSA) is 152 Å². The van der Waals surface area contributed by atoms with Crippen LogP contribution in [0.15, 0.2) is 60.7 Å². The number of carbonyl (C=O) groups is 5. The van der Waals surface area contributed by atoms with Gasteiger partial charge in [0.15, 0.2) is 0 Å². The molecular weight excluding hydrogens is 732 g/mol. The molecule has 1 aliphatic carbocycles. The second-order valence-electron chi connectivity index (χ2n) is 16.8. The first-order valence-corrected chi connectivity index (χ1v) is 19.5. The van der Waals surface area contributed by atoms with E-state index in [1.807, 2.05) is 30.3 Å². The third-order valence-electron chi connectivity index (χ3n) is 12.2. The number of amides is 5. The molecule has 7 rings (SSSR count). The Hall–Kier alpha value is -5.25. The molecule has 5 amide bonds. The van der Waals surface area contributed by atoms with Crippen LogP contribution >= 0.6 is 11.6 Å². The van der Waals surface area contributed by atoms with Crippen molar-refractivity contribution in [2.75, 3.05) is 24.5 Å². The van der Waals surface area contributed by atoms with E-state index in [1.165, 1.54) is 0 Å². The molecule has 12 nitrogen and oxygen atoms in total. The molecule has 292 valence electrons. The van der Waals surface area contributed by atoms with Gasteiger partial charge in [0.2, 0.25) is 11.8 Å². The highest BCUT2D eigenvalue weighted by atomic mass is 35.5. The Morgan fingerprint density at radius 2 is 1.59 bits per heavy atom. The van der Waals surface area contributed by atoms with E-state index in [2.05, 4.69) is 68.0 Å². The number of anilines is 1. The van der Waals surface area contributed by atoms with Gasteiger partial charge in [-0.25, -0.2) is 0 Å². The van der Waals surface area contributed by atoms with Crippen molar-refractivity contribution in [3.63, 3.8) is 0 Å². The minimum Gasteiger partial charge on any atom is -0.489 e. The molecule has 0 aromatic heterocycles. The average molecular weight is 779 g/mol. The minimum atomic E-state index is -0.995. The van der Waals surface area contributed by atoms with Crippen molar-refractivity contribution in [1.29, 1.82) is 5.26 Å². The summed E-state index contributed by atoms with van der Waals surface area (Å²) in [5.41, 5.74) is 2.77. The summed E-state index contributed by atoms with van der Waals surface area (Å²) < 4.78 is 6.37. The first-order chi connectivity index (χ1) is 26.5. The van der Waals surface area contributed by atoms with Crippen molar-refractivity contribution in [1.82, 2.24) is 20.4 Å². The number of nitrogens with one attached hydrogen (secondary N) is 2. The number of piperazine rings is 1. The largest absolute Gasteiger partial charge is 0.489 e. The van der Waals surface area contributed by atoms with E-state index in [0.29, 0.717) is 21.9 Å². The quantitative estimate of drug-likeness (QED) is 0.274. The lowest BCUT2D eigenvalue weighted by molar-refractivity contribution is -0.164. The number of fused-ring (bicyclic) bond motifs is 1. The van der Waals surface area contributed by atoms with Crippen molar-refractivity contribution in [3.05, 3.63) is 93.5 Å². The number of ether oxygens (including phenoxy) is 1. The van der Waals surface area contributed by atoms with Crippen LogP contribution in [0.2, 0.25) is 5.02 Å². The molecule has 3 fully saturated rings. The van der Waals surface area contributed by atoms with Crippen LogP contribution in [0.5, 0.6) is 5.75 Å². The maximum Gasteiger partial charge on any atom is 0.262 e. The van der Waals surface area contributed by atoms with E-state index in [-0.39, 0.29) is 64.9 Å². The summed E-state index contributed by atoms with van der Waals surface area (Å²) in [6.07, 6.45) is 0.810. The number of hydrogen-bond acceptors (Lipinski definition) is 9. The van der Waals surface area contributed by atoms with Gasteiger partial charge in [-0.3, -0.25) is 39.1 Å². The lowest BCUT2D eigenvalue weighted by Gasteiger charge is -2.63. The Kier molecular flexibility index (Phi) is 10.2. The lowest BCUT2D eigenvalue weighted by Crippen LogP contribution is -2.74. The smallest absolute Gasteiger partial charge is 0.262 e. The monoisotopic (exact) mass is 778 g/mol. The Bertz CT molecular complexity index is 2130. The van der Waals surface area contributed by atoms with Gasteiger partial charge < -0.3 is 15.0 Å². The SMILES string of the molecule is C[C@@H]1CN(c2ccc3c(c2)C(=O)N([C@@H]2CCC(=O)NC2=O)C3=O)C[C@@H](C)N1CCc1ccc(C(=O)NC2C(C)(C)C(Oc3ccc(C#N)c(Cl)c3)C2(C)C)cc1. The highest BCUT2D eigenvalue weighted by Gasteiger charge is 2.64. The minimum absolute atomic E-state index is 0.0769. The van der Waals surface area contributed by atoms with Gasteiger partial charge in [0.25, 0.3) is 17.7 Å². The van der Waals surface area contributed by atoms with Crippen molar-refractivity contribution in [2.45, 2.75) is 91.1 Å². The number of rotatable bonds is 9. The molecule has 3 atom stereocenters. The molecule has 3 aromatic carbocycles. The van der Waals surface area contributed by atoms with E-state index in [0.717, 1.165) is 42.2 Å². The summed E-state index contributed by atoms with van der Waals surface area (Å²) >= 11 is 6.24. The van der Waals surface area contributed by atoms with Gasteiger partial charge in [-0.1, -0.05) is 51.4 Å². The summed E-state index contributed by atoms with van der Waals surface area (Å²) in [4.78, 5) is 69.9. The normalized spacial score (nSPS) is 25.6. The van der Waals surface area contributed by atoms with Crippen molar-refractivity contribution >= 4 is 46.8 Å². The number of halogens is 1. The van der Waals surface area contributed by atoms with Crippen LogP contribution in [0, 0.1) is 22.2 Å². The molecule has 4 aliphatic rings. The predicted octanol–water partition coefficient (Wildman–Crippen LogP) is 5.37. The van der Waals surface area contributed by atoms with Crippen molar-refractivity contribution < 1.29 is 28.7 Å². The highest BCUT2D eigenvalue weighted by Crippen LogP contribution is 2.55. The molecular formula is C43H47ClN6O6. The van der Waals surface area contributed by atoms with Gasteiger partial charge in [0.1, 0.15) is 24.0 Å². The van der Waals surface area contributed by atoms with Gasteiger partial charge in [-0.15, -0.1) is 0 Å². The molecule has 0 spiro atoms. The molecule has 3 aromatic rings. The fraction of sp³-hybridized carbons (Fsp3) is 0.442. The van der Waals surface area contributed by atoms with Crippen LogP contribution in [-0.2, 0) is 16.0 Å². The summed E-state index contributed by atoms with van der Waals surface area (Å²) in [5, 5.41) is 15.1. The Morgan fingerprint density at radius 1 is 0.929 bits per heavy atom. The van der Waals surface area contributed by atoms with Gasteiger partial charge in [0.05, 0.1) is 21.7 Å². The maximum absolute atomic E-state index is 13.5. The van der Waals surface area contributed by atoms with Crippen LogP contribution in [0.3, 0.4) is 0 Å². The van der Waals surface area contributed by atoms with Gasteiger partial charge >= 0.3 is 0 Å². The molecule has 0 radical (unpaired) electrons. The zero-order valence-electron chi connectivity index (χ0n) is 32.5. The van der Waals surface area contributed by atoms with E-state index < -0.39 is 29.7 Å². The van der Waals surface area contributed by atoms with Crippen LogP contribution in [0.4, 0.5) is 5.69 Å². The standard InChI is InChI=1S/C43H47ClN6O6/c1-24-22-48(29-12-14-31-32(19-29)39(55)50(38(31)54)34-15-16-35(51)46-37(34)53)23-25(2)49(24)18-17-26-7-9-27(10-8-26)36(52)47-40-42(3,4)41(43(40,5)6)56-30-13-11-28(21-45)33(44)20-30/h7-14,19-20,24-25,34,40-41H,15-18,22-23H2,1-6H3,(H,47,52)(H,46,51,53)/t24-,25-,34-,40?,41?/m1/s1. The summed E-state index contributed by atoms with van der Waals surface area (Å²) in [6, 6.07) is 19.4. The second-order valence-corrected chi connectivity index (χ2v) is 17.2. The summed E-state index contributed by atoms with van der Waals surface area (Å²) in [5.74, 6) is -1.59. The molecule has 0 bridgehead atoms. The molecule has 2 saturated heterocycles. The molecule has 1 saturated carbocycles. The fourth-order valence-corrected chi connectivity index (χ4v) is 9.77. The number of nitriles is 1. The highest BCUT2D eigenvalue weighted by molar-refractivity contribution is 6.31. The first-order valence-electron chi connectivity index (χ1n) is 19.1. The maximum atomic E-state index is 13.5. The van der Waals surface area contributed by atoms with Crippen LogP contribution in [0.1, 0.15) is 96.6 Å². The van der Waals surface area contributed by atoms with Crippen LogP contribution < -0.4 is 20.3 Å². The number of hydrogen-bond donors (Lipinski definition) is 2. The number of benzene rings is 3. The van der Waals surface area contributed by atoms with E-state index in [4.69, 9.17) is 16.3 Å². The molecule has 0 unspecified atom stereocenters. The molecule has 3 heterocycles. The summed E-state index contributed by atoms with van der Waals surface area (Å²) in [6.45, 7) is 15.0. The zero-order chi connectivity index (χ0) is 40.3. The third kappa shape index (κ3) is 6.92. The zero-order valence-corrected chi connectivity index (χ0v) is 33.3. The number of piperidine rings is 1. The van der Waals surface area contributed by atoms with Gasteiger partial charge in [0, 0.05) is 72.3 Å². The molecule has 2 N–H and O–H groups in total. The molecule has 3 aliphatic heterocycles. The first kappa shape index (κ1) is 39.0. The number of nitrogens with zero attached hydrogens (tertiary/aromatic N) is 4. The van der Waals surface area contributed by atoms with Gasteiger partial charge in [-0.05, 0) is 74.7 Å². The average Bonchev–Trinajstić information content (AvgIpc) is 3.40. The van der Waals surface area contributed by atoms with E-state index in [9.17, 15) is 29.2 Å². The second kappa shape index (κ2) is 14.7. The number of imide groups is 2. The number of carbonyl (C=O) groups excluding carboxylic acids is 5. The van der Waals surface area contributed by atoms with Crippen molar-refractivity contribution in [2.24, 2.45) is 10.8 Å². The Balaban J connectivity index is 0.927. The van der Waals surface area contributed by atoms with Crippen LogP contribution in [0.25, 0.3) is 0 Å². The molecule has 13 heteroatoms. The predicted molar refractivity (Wildman–Crippen MR) is 211 cm³/mol. The third-order valence-corrected chi connectivity index (χ3v) is 12.5. The van der Waals surface area contributed by atoms with Crippen LogP contribution in [-0.4, -0.2) is 89.2 Å². The Labute approximate surface area is 332 Å². The van der Waals surface area contributed by atoms with E-state index in [1.54, 1.807) is 30.3 Å². The Morgan fingerprint density at radius 3 is 2.21 bits per heavy atom. The van der Waals surface area contributed by atoms with E-state index >= 15 is 0 Å². The van der Waals surface area contributed by atoms with Crippen molar-refractivity contribution in [3.8, 4) is 11.8 Å². The molecule has 56 heavy (non-hydrogen) atoms. The van der Waals surface area contributed by atoms with Gasteiger partial charge in [-0.2, -0.15) is 5.26 Å².